The molecule has 2 nitrogen and oxygen atoms in total. The van der Waals surface area contributed by atoms with E-state index >= 15 is 0 Å². The molecular weight excluding hydrogens is 356 g/mol. The molecule has 2 heteroatoms. The highest BCUT2D eigenvalue weighted by molar-refractivity contribution is 5.80. The van der Waals surface area contributed by atoms with Crippen molar-refractivity contribution in [3.05, 3.63) is 0 Å². The van der Waals surface area contributed by atoms with Gasteiger partial charge in [-0.3, -0.25) is 4.79 Å². The van der Waals surface area contributed by atoms with Crippen molar-refractivity contribution in [2.45, 2.75) is 105 Å². The summed E-state index contributed by atoms with van der Waals surface area (Å²) in [5, 5.41) is 9.27. The van der Waals surface area contributed by atoms with E-state index in [1.54, 1.807) is 0 Å². The molecule has 0 heterocycles. The lowest BCUT2D eigenvalue weighted by Gasteiger charge is -2.61. The first-order valence-corrected chi connectivity index (χ1v) is 12.9. The molecule has 4 fully saturated rings. The van der Waals surface area contributed by atoms with Crippen molar-refractivity contribution in [2.75, 3.05) is 6.61 Å². The van der Waals surface area contributed by atoms with Gasteiger partial charge in [-0.2, -0.15) is 0 Å². The van der Waals surface area contributed by atoms with Gasteiger partial charge in [-0.05, 0) is 104 Å². The number of carbonyl (C=O) groups is 1. The fourth-order valence-corrected chi connectivity index (χ4v) is 9.19. The summed E-state index contributed by atoms with van der Waals surface area (Å²) >= 11 is 0. The van der Waals surface area contributed by atoms with Gasteiger partial charge in [0.15, 0.2) is 0 Å². The summed E-state index contributed by atoms with van der Waals surface area (Å²) in [6.07, 6.45) is 16.3. The number of aliphatic hydroxyl groups is 1. The molecule has 0 bridgehead atoms. The van der Waals surface area contributed by atoms with Crippen molar-refractivity contribution in [3.8, 4) is 0 Å². The predicted molar refractivity (Wildman–Crippen MR) is 119 cm³/mol. The van der Waals surface area contributed by atoms with Gasteiger partial charge >= 0.3 is 0 Å². The normalized spacial score (nSPS) is 46.3. The molecule has 0 aromatic carbocycles. The van der Waals surface area contributed by atoms with Gasteiger partial charge in [0.25, 0.3) is 0 Å². The van der Waals surface area contributed by atoms with Crippen LogP contribution in [0.5, 0.6) is 0 Å². The van der Waals surface area contributed by atoms with Crippen LogP contribution in [0.1, 0.15) is 105 Å². The van der Waals surface area contributed by atoms with Gasteiger partial charge in [0.1, 0.15) is 5.78 Å². The van der Waals surface area contributed by atoms with E-state index in [1.165, 1.54) is 64.2 Å². The zero-order valence-electron chi connectivity index (χ0n) is 19.6. The number of hydrogen-bond donors (Lipinski definition) is 1. The van der Waals surface area contributed by atoms with Gasteiger partial charge in [-0.15, -0.1) is 0 Å². The first-order chi connectivity index (χ1) is 13.8. The van der Waals surface area contributed by atoms with Crippen molar-refractivity contribution >= 4 is 5.78 Å². The van der Waals surface area contributed by atoms with Gasteiger partial charge in [-0.1, -0.05) is 40.5 Å². The van der Waals surface area contributed by atoms with E-state index in [9.17, 15) is 9.90 Å². The van der Waals surface area contributed by atoms with Crippen LogP contribution in [-0.4, -0.2) is 17.5 Å². The number of aliphatic hydroxyl groups excluding tert-OH is 1. The summed E-state index contributed by atoms with van der Waals surface area (Å²) in [4.78, 5) is 12.3. The molecule has 4 rings (SSSR count). The lowest BCUT2D eigenvalue weighted by atomic mass is 9.44. The Morgan fingerprint density at radius 2 is 1.69 bits per heavy atom. The Kier molecular flexibility index (Phi) is 6.24. The molecular formula is C27H46O2. The minimum absolute atomic E-state index is 0.000732. The third-order valence-electron chi connectivity index (χ3n) is 11.0. The van der Waals surface area contributed by atoms with Crippen LogP contribution in [0.25, 0.3) is 0 Å². The third kappa shape index (κ3) is 3.64. The molecule has 0 amide bonds. The Labute approximate surface area is 179 Å². The second-order valence-corrected chi connectivity index (χ2v) is 12.2. The van der Waals surface area contributed by atoms with Crippen molar-refractivity contribution in [3.63, 3.8) is 0 Å². The maximum Gasteiger partial charge on any atom is 0.137 e. The van der Waals surface area contributed by atoms with Crippen molar-refractivity contribution in [1.82, 2.24) is 0 Å². The summed E-state index contributed by atoms with van der Waals surface area (Å²) in [6, 6.07) is 0. The van der Waals surface area contributed by atoms with E-state index in [0.29, 0.717) is 23.2 Å². The number of carbonyl (C=O) groups excluding carboxylic acids is 1. The van der Waals surface area contributed by atoms with Crippen LogP contribution in [0.2, 0.25) is 0 Å². The minimum Gasteiger partial charge on any atom is -0.396 e. The molecule has 2 unspecified atom stereocenters. The first-order valence-electron chi connectivity index (χ1n) is 12.9. The number of Topliss-reactive ketones (excluding diaryl/α,β-unsaturated/α-hetero) is 1. The molecule has 1 N–H and O–H groups in total. The van der Waals surface area contributed by atoms with Gasteiger partial charge in [0, 0.05) is 12.3 Å². The van der Waals surface area contributed by atoms with Crippen LogP contribution < -0.4 is 0 Å². The summed E-state index contributed by atoms with van der Waals surface area (Å²) in [7, 11) is 0. The Bertz CT molecular complexity index is 599. The number of fused-ring (bicyclic) bond motifs is 5. The van der Waals surface area contributed by atoms with Gasteiger partial charge in [0.2, 0.25) is 0 Å². The smallest absolute Gasteiger partial charge is 0.137 e. The highest BCUT2D eigenvalue weighted by Crippen LogP contribution is 2.68. The lowest BCUT2D eigenvalue weighted by molar-refractivity contribution is -0.124. The van der Waals surface area contributed by atoms with Crippen LogP contribution in [-0.2, 0) is 4.79 Å². The van der Waals surface area contributed by atoms with Gasteiger partial charge in [0.05, 0.1) is 6.61 Å². The topological polar surface area (TPSA) is 37.3 Å². The summed E-state index contributed by atoms with van der Waals surface area (Å²) in [6.45, 7) is 9.60. The SMILES string of the molecule is CC(CO)C(=O)CC[C@@H](C)[C@H]1CC[C@H]2[C@@H]3CCC4CCCC[C@]4(C)[C@H]3CC[C@]12C. The highest BCUT2D eigenvalue weighted by atomic mass is 16.3. The fraction of sp³-hybridized carbons (Fsp3) is 0.963. The quantitative estimate of drug-likeness (QED) is 0.540. The van der Waals surface area contributed by atoms with Crippen LogP contribution in [0.4, 0.5) is 0 Å². The van der Waals surface area contributed by atoms with E-state index in [-0.39, 0.29) is 18.3 Å². The molecule has 0 spiro atoms. The predicted octanol–water partition coefficient (Wildman–Crippen LogP) is 6.65. The Balaban J connectivity index is 1.44. The van der Waals surface area contributed by atoms with Gasteiger partial charge in [-0.25, -0.2) is 0 Å². The molecule has 166 valence electrons. The summed E-state index contributed by atoms with van der Waals surface area (Å²) in [5.41, 5.74) is 1.14. The van der Waals surface area contributed by atoms with E-state index in [4.69, 9.17) is 0 Å². The van der Waals surface area contributed by atoms with Gasteiger partial charge < -0.3 is 5.11 Å². The standard InChI is InChI=1S/C27H46O2/c1-18(8-13-25(29)19(2)17-28)22-11-12-23-21-10-9-20-7-5-6-15-26(20,3)24(21)14-16-27(22,23)4/h18-24,28H,5-17H2,1-4H3/t18-,19?,20?,21+,22-,23+,24+,26+,27-/m1/s1. The molecule has 0 aromatic heterocycles. The summed E-state index contributed by atoms with van der Waals surface area (Å²) < 4.78 is 0. The lowest BCUT2D eigenvalue weighted by Crippen LogP contribution is -2.53. The Morgan fingerprint density at radius 3 is 2.45 bits per heavy atom. The second kappa shape index (κ2) is 8.29. The van der Waals surface area contributed by atoms with E-state index in [2.05, 4.69) is 20.8 Å². The molecule has 4 aliphatic rings. The van der Waals surface area contributed by atoms with Crippen LogP contribution in [0.3, 0.4) is 0 Å². The zero-order chi connectivity index (χ0) is 20.8. The maximum atomic E-state index is 12.3. The molecule has 29 heavy (non-hydrogen) atoms. The largest absolute Gasteiger partial charge is 0.396 e. The Morgan fingerprint density at radius 1 is 0.931 bits per heavy atom. The molecule has 4 aliphatic carbocycles. The van der Waals surface area contributed by atoms with E-state index in [1.807, 2.05) is 6.92 Å². The van der Waals surface area contributed by atoms with Crippen LogP contribution >= 0.6 is 0 Å². The van der Waals surface area contributed by atoms with Crippen molar-refractivity contribution in [2.24, 2.45) is 52.3 Å². The molecule has 9 atom stereocenters. The average molecular weight is 403 g/mol. The first kappa shape index (κ1) is 21.8. The molecule has 0 aromatic rings. The van der Waals surface area contributed by atoms with Crippen LogP contribution in [0, 0.1) is 52.3 Å². The molecule has 4 saturated carbocycles. The van der Waals surface area contributed by atoms with E-state index in [0.717, 1.165) is 36.0 Å². The number of rotatable bonds is 6. The molecule has 0 aliphatic heterocycles. The fourth-order valence-electron chi connectivity index (χ4n) is 9.19. The molecule has 0 radical (unpaired) electrons. The zero-order valence-corrected chi connectivity index (χ0v) is 19.6. The molecule has 0 saturated heterocycles. The highest BCUT2D eigenvalue weighted by Gasteiger charge is 2.60. The van der Waals surface area contributed by atoms with E-state index < -0.39 is 0 Å². The van der Waals surface area contributed by atoms with Crippen LogP contribution in [0.15, 0.2) is 0 Å². The third-order valence-corrected chi connectivity index (χ3v) is 11.0. The van der Waals surface area contributed by atoms with Crippen molar-refractivity contribution < 1.29 is 9.90 Å². The number of ketones is 1. The monoisotopic (exact) mass is 402 g/mol. The average Bonchev–Trinajstić information content (AvgIpc) is 3.08. The second-order valence-electron chi connectivity index (χ2n) is 12.2. The maximum absolute atomic E-state index is 12.3. The summed E-state index contributed by atoms with van der Waals surface area (Å²) in [5.74, 6) is 5.41. The Hall–Kier alpha value is -0.370. The van der Waals surface area contributed by atoms with Crippen molar-refractivity contribution in [1.29, 1.82) is 0 Å². The minimum atomic E-state index is -0.184. The number of hydrogen-bond acceptors (Lipinski definition) is 2.